The molecule has 1 aliphatic rings. The number of aryl methyl sites for hydroxylation is 2. The van der Waals surface area contributed by atoms with Gasteiger partial charge in [-0.2, -0.15) is 0 Å². The van der Waals surface area contributed by atoms with Crippen molar-refractivity contribution in [3.05, 3.63) is 80.9 Å². The molecule has 3 rings (SSSR count). The molecule has 0 spiro atoms. The summed E-state index contributed by atoms with van der Waals surface area (Å²) >= 11 is 0. The number of nitro groups is 1. The summed E-state index contributed by atoms with van der Waals surface area (Å²) in [5.74, 6) is -0.203. The molecule has 0 bridgehead atoms. The summed E-state index contributed by atoms with van der Waals surface area (Å²) in [5, 5.41) is 13.9. The summed E-state index contributed by atoms with van der Waals surface area (Å²) in [7, 11) is 0. The summed E-state index contributed by atoms with van der Waals surface area (Å²) in [6.07, 6.45) is 8.57. The van der Waals surface area contributed by atoms with Gasteiger partial charge in [0.05, 0.1) is 11.0 Å². The second kappa shape index (κ2) is 8.62. The lowest BCUT2D eigenvalue weighted by Crippen LogP contribution is -2.26. The zero-order valence-corrected chi connectivity index (χ0v) is 15.5. The number of carbonyl (C=O) groups is 1. The van der Waals surface area contributed by atoms with Gasteiger partial charge in [0.25, 0.3) is 5.69 Å². The first kappa shape index (κ1) is 18.8. The Labute approximate surface area is 159 Å². The van der Waals surface area contributed by atoms with Crippen LogP contribution in [-0.2, 0) is 17.6 Å². The highest BCUT2D eigenvalue weighted by atomic mass is 16.6. The molecule has 0 saturated carbocycles. The van der Waals surface area contributed by atoms with E-state index < -0.39 is 4.92 Å². The SMILES string of the molecule is CC[C@@H](NC(=O)/C=C/c1cccc([N+](=O)[O-])c1)c1ccc2c(c1)CCCC2. The molecule has 0 heterocycles. The van der Waals surface area contributed by atoms with Crippen LogP contribution in [0.4, 0.5) is 5.69 Å². The lowest BCUT2D eigenvalue weighted by molar-refractivity contribution is -0.384. The van der Waals surface area contributed by atoms with Gasteiger partial charge >= 0.3 is 0 Å². The standard InChI is InChI=1S/C22H24N2O3/c1-2-21(19-12-11-17-7-3-4-8-18(17)15-19)23-22(25)13-10-16-6-5-9-20(14-16)24(26)27/h5-6,9-15,21H,2-4,7-8H2,1H3,(H,23,25)/b13-10+/t21-/m1/s1. The maximum Gasteiger partial charge on any atom is 0.270 e. The first-order valence-corrected chi connectivity index (χ1v) is 9.41. The van der Waals surface area contributed by atoms with Crippen LogP contribution in [0.1, 0.15) is 54.5 Å². The van der Waals surface area contributed by atoms with Crippen LogP contribution in [0.15, 0.2) is 48.5 Å². The Morgan fingerprint density at radius 1 is 1.19 bits per heavy atom. The number of hydrogen-bond donors (Lipinski definition) is 1. The first-order valence-electron chi connectivity index (χ1n) is 9.41. The fourth-order valence-electron chi connectivity index (χ4n) is 3.52. The smallest absolute Gasteiger partial charge is 0.270 e. The Morgan fingerprint density at radius 2 is 1.96 bits per heavy atom. The Bertz CT molecular complexity index is 874. The van der Waals surface area contributed by atoms with Crippen LogP contribution >= 0.6 is 0 Å². The van der Waals surface area contributed by atoms with Crippen molar-refractivity contribution in [1.82, 2.24) is 5.32 Å². The van der Waals surface area contributed by atoms with Gasteiger partial charge in [-0.05, 0) is 60.4 Å². The van der Waals surface area contributed by atoms with Crippen molar-refractivity contribution in [3.63, 3.8) is 0 Å². The van der Waals surface area contributed by atoms with Crippen molar-refractivity contribution in [3.8, 4) is 0 Å². The van der Waals surface area contributed by atoms with Crippen molar-refractivity contribution < 1.29 is 9.72 Å². The number of fused-ring (bicyclic) bond motifs is 1. The molecule has 1 amide bonds. The first-order chi connectivity index (χ1) is 13.1. The largest absolute Gasteiger partial charge is 0.346 e. The maximum atomic E-state index is 12.3. The van der Waals surface area contributed by atoms with E-state index in [0.717, 1.165) is 24.8 Å². The molecule has 1 atom stereocenters. The van der Waals surface area contributed by atoms with E-state index in [0.29, 0.717) is 5.56 Å². The molecule has 0 aliphatic heterocycles. The van der Waals surface area contributed by atoms with Crippen LogP contribution in [0, 0.1) is 10.1 Å². The molecule has 0 saturated heterocycles. The zero-order chi connectivity index (χ0) is 19.2. The van der Waals surface area contributed by atoms with Gasteiger partial charge in [-0.25, -0.2) is 0 Å². The quantitative estimate of drug-likeness (QED) is 0.456. The van der Waals surface area contributed by atoms with Gasteiger partial charge in [0.1, 0.15) is 0 Å². The topological polar surface area (TPSA) is 72.2 Å². The number of benzene rings is 2. The minimum absolute atomic E-state index is 0.0121. The molecule has 1 aliphatic carbocycles. The van der Waals surface area contributed by atoms with E-state index in [9.17, 15) is 14.9 Å². The van der Waals surface area contributed by atoms with Crippen LogP contribution in [0.2, 0.25) is 0 Å². The second-order valence-corrected chi connectivity index (χ2v) is 6.89. The Balaban J connectivity index is 1.68. The second-order valence-electron chi connectivity index (χ2n) is 6.89. The monoisotopic (exact) mass is 364 g/mol. The van der Waals surface area contributed by atoms with Crippen molar-refractivity contribution >= 4 is 17.7 Å². The lowest BCUT2D eigenvalue weighted by atomic mass is 9.89. The third-order valence-electron chi connectivity index (χ3n) is 5.01. The van der Waals surface area contributed by atoms with Crippen molar-refractivity contribution in [2.45, 2.75) is 45.1 Å². The number of carbonyl (C=O) groups excluding carboxylic acids is 1. The summed E-state index contributed by atoms with van der Waals surface area (Å²) in [6.45, 7) is 2.05. The minimum Gasteiger partial charge on any atom is -0.346 e. The molecule has 0 aromatic heterocycles. The highest BCUT2D eigenvalue weighted by Crippen LogP contribution is 2.26. The van der Waals surface area contributed by atoms with E-state index in [-0.39, 0.29) is 17.6 Å². The van der Waals surface area contributed by atoms with E-state index in [1.165, 1.54) is 42.2 Å². The van der Waals surface area contributed by atoms with Gasteiger partial charge in [-0.3, -0.25) is 14.9 Å². The molecule has 0 unspecified atom stereocenters. The van der Waals surface area contributed by atoms with Crippen LogP contribution < -0.4 is 5.32 Å². The number of nitrogens with zero attached hydrogens (tertiary/aromatic N) is 1. The molecule has 5 heteroatoms. The molecule has 2 aromatic rings. The number of nitro benzene ring substituents is 1. The van der Waals surface area contributed by atoms with E-state index in [1.54, 1.807) is 18.2 Å². The molecular weight excluding hydrogens is 340 g/mol. The number of non-ortho nitro benzene ring substituents is 1. The van der Waals surface area contributed by atoms with Crippen molar-refractivity contribution in [2.24, 2.45) is 0 Å². The van der Waals surface area contributed by atoms with Gasteiger partial charge in [-0.1, -0.05) is 37.3 Å². The molecule has 2 aromatic carbocycles. The van der Waals surface area contributed by atoms with E-state index >= 15 is 0 Å². The van der Waals surface area contributed by atoms with Crippen molar-refractivity contribution in [2.75, 3.05) is 0 Å². The normalized spacial score (nSPS) is 14.6. The Morgan fingerprint density at radius 3 is 2.70 bits per heavy atom. The van der Waals surface area contributed by atoms with E-state index in [1.807, 2.05) is 0 Å². The van der Waals surface area contributed by atoms with Crippen LogP contribution in [0.3, 0.4) is 0 Å². The van der Waals surface area contributed by atoms with E-state index in [4.69, 9.17) is 0 Å². The molecule has 0 fully saturated rings. The molecule has 0 radical (unpaired) electrons. The molecule has 27 heavy (non-hydrogen) atoms. The third-order valence-corrected chi connectivity index (χ3v) is 5.01. The number of hydrogen-bond acceptors (Lipinski definition) is 3. The Kier molecular flexibility index (Phi) is 6.01. The van der Waals surface area contributed by atoms with Gasteiger partial charge in [0.2, 0.25) is 5.91 Å². The molecular formula is C22H24N2O3. The Hall–Kier alpha value is -2.95. The molecule has 140 valence electrons. The van der Waals surface area contributed by atoms with Gasteiger partial charge in [0.15, 0.2) is 0 Å². The fraction of sp³-hybridized carbons (Fsp3) is 0.318. The van der Waals surface area contributed by atoms with Crippen LogP contribution in [-0.4, -0.2) is 10.8 Å². The van der Waals surface area contributed by atoms with Gasteiger partial charge in [-0.15, -0.1) is 0 Å². The third kappa shape index (κ3) is 4.82. The maximum absolute atomic E-state index is 12.3. The predicted octanol–water partition coefficient (Wildman–Crippen LogP) is 4.75. The van der Waals surface area contributed by atoms with Crippen LogP contribution in [0.25, 0.3) is 6.08 Å². The van der Waals surface area contributed by atoms with E-state index in [2.05, 4.69) is 30.4 Å². The summed E-state index contributed by atoms with van der Waals surface area (Å²) < 4.78 is 0. The highest BCUT2D eigenvalue weighted by Gasteiger charge is 2.15. The van der Waals surface area contributed by atoms with Crippen LogP contribution in [0.5, 0.6) is 0 Å². The number of rotatable bonds is 6. The van der Waals surface area contributed by atoms with Crippen molar-refractivity contribution in [1.29, 1.82) is 0 Å². The van der Waals surface area contributed by atoms with Gasteiger partial charge < -0.3 is 5.32 Å². The average molecular weight is 364 g/mol. The minimum atomic E-state index is -0.444. The number of amides is 1. The van der Waals surface area contributed by atoms with Gasteiger partial charge in [0, 0.05) is 18.2 Å². The fourth-order valence-corrected chi connectivity index (χ4v) is 3.52. The molecule has 1 N–H and O–H groups in total. The highest BCUT2D eigenvalue weighted by molar-refractivity contribution is 5.92. The summed E-state index contributed by atoms with van der Waals surface area (Å²) in [6, 6.07) is 12.7. The zero-order valence-electron chi connectivity index (χ0n) is 15.5. The number of nitrogens with one attached hydrogen (secondary N) is 1. The summed E-state index contributed by atoms with van der Waals surface area (Å²) in [5.41, 5.74) is 4.60. The lowest BCUT2D eigenvalue weighted by Gasteiger charge is -2.21. The average Bonchev–Trinajstić information content (AvgIpc) is 2.70. The predicted molar refractivity (Wildman–Crippen MR) is 106 cm³/mol. The summed E-state index contributed by atoms with van der Waals surface area (Å²) in [4.78, 5) is 22.7. The molecule has 5 nitrogen and oxygen atoms in total.